The molecule has 84 valence electrons. The van der Waals surface area contributed by atoms with Gasteiger partial charge < -0.3 is 4.74 Å². The maximum Gasteiger partial charge on any atom is 0.310 e. The molecule has 1 rings (SSSR count). The summed E-state index contributed by atoms with van der Waals surface area (Å²) >= 11 is 2.17. The summed E-state index contributed by atoms with van der Waals surface area (Å²) in [5.41, 5.74) is 2.50. The second-order valence-electron chi connectivity index (χ2n) is 3.27. The number of carbonyl (C=O) groups excluding carboxylic acids is 1. The molecule has 16 heavy (non-hydrogen) atoms. The van der Waals surface area contributed by atoms with Crippen molar-refractivity contribution in [2.75, 3.05) is 7.11 Å². The van der Waals surface area contributed by atoms with Crippen molar-refractivity contribution < 1.29 is 9.53 Å². The second-order valence-corrected chi connectivity index (χ2v) is 4.43. The third kappa shape index (κ3) is 2.73. The average molecular weight is 329 g/mol. The Labute approximate surface area is 109 Å². The standard InChI is InChI=1S/C12H12INO2/c1-3-9-8(7-14)4-5-11(13)10(9)6-12(15)16-2/h4-5H,3,6H2,1-2H3. The molecule has 0 unspecified atom stereocenters. The van der Waals surface area contributed by atoms with Gasteiger partial charge in [-0.25, -0.2) is 0 Å². The van der Waals surface area contributed by atoms with Crippen LogP contribution in [0.4, 0.5) is 0 Å². The number of hydrogen-bond acceptors (Lipinski definition) is 3. The van der Waals surface area contributed by atoms with Crippen LogP contribution in [-0.4, -0.2) is 13.1 Å². The molecule has 0 saturated heterocycles. The number of nitriles is 1. The van der Waals surface area contributed by atoms with Crippen molar-refractivity contribution in [2.24, 2.45) is 0 Å². The van der Waals surface area contributed by atoms with Gasteiger partial charge in [-0.3, -0.25) is 4.79 Å². The van der Waals surface area contributed by atoms with Crippen LogP contribution in [0, 0.1) is 14.9 Å². The van der Waals surface area contributed by atoms with E-state index in [4.69, 9.17) is 5.26 Å². The summed E-state index contributed by atoms with van der Waals surface area (Å²) in [6, 6.07) is 5.80. The van der Waals surface area contributed by atoms with Crippen LogP contribution < -0.4 is 0 Å². The molecule has 0 aliphatic carbocycles. The Balaban J connectivity index is 3.24. The number of carbonyl (C=O) groups is 1. The van der Waals surface area contributed by atoms with E-state index in [0.717, 1.165) is 21.1 Å². The number of hydrogen-bond donors (Lipinski definition) is 0. The lowest BCUT2D eigenvalue weighted by Crippen LogP contribution is -2.09. The highest BCUT2D eigenvalue weighted by molar-refractivity contribution is 14.1. The van der Waals surface area contributed by atoms with E-state index in [2.05, 4.69) is 33.4 Å². The SMILES string of the molecule is CCc1c(C#N)ccc(I)c1CC(=O)OC. The van der Waals surface area contributed by atoms with Gasteiger partial charge in [0.25, 0.3) is 0 Å². The van der Waals surface area contributed by atoms with E-state index in [-0.39, 0.29) is 12.4 Å². The van der Waals surface area contributed by atoms with Crippen LogP contribution in [-0.2, 0) is 22.4 Å². The summed E-state index contributed by atoms with van der Waals surface area (Å²) < 4.78 is 5.66. The van der Waals surface area contributed by atoms with Gasteiger partial charge in [0.15, 0.2) is 0 Å². The molecule has 0 aromatic heterocycles. The lowest BCUT2D eigenvalue weighted by atomic mass is 9.97. The fourth-order valence-electron chi connectivity index (χ4n) is 1.58. The zero-order chi connectivity index (χ0) is 12.1. The summed E-state index contributed by atoms with van der Waals surface area (Å²) in [5.74, 6) is -0.275. The summed E-state index contributed by atoms with van der Waals surface area (Å²) in [6.07, 6.45) is 0.972. The number of esters is 1. The van der Waals surface area contributed by atoms with E-state index in [1.54, 1.807) is 6.07 Å². The van der Waals surface area contributed by atoms with E-state index >= 15 is 0 Å². The number of methoxy groups -OCH3 is 1. The first-order valence-corrected chi connectivity index (χ1v) is 5.99. The molecule has 0 aliphatic rings. The lowest BCUT2D eigenvalue weighted by Gasteiger charge is -2.10. The number of ether oxygens (including phenoxy) is 1. The van der Waals surface area contributed by atoms with E-state index in [9.17, 15) is 4.79 Å². The van der Waals surface area contributed by atoms with Crippen LogP contribution in [0.25, 0.3) is 0 Å². The van der Waals surface area contributed by atoms with Crippen LogP contribution in [0.1, 0.15) is 23.6 Å². The predicted octanol–water partition coefficient (Wildman–Crippen LogP) is 2.44. The first kappa shape index (κ1) is 13.0. The number of rotatable bonds is 3. The molecule has 0 fully saturated rings. The monoisotopic (exact) mass is 329 g/mol. The van der Waals surface area contributed by atoms with E-state index < -0.39 is 0 Å². The molecule has 0 radical (unpaired) electrons. The smallest absolute Gasteiger partial charge is 0.310 e. The summed E-state index contributed by atoms with van der Waals surface area (Å²) in [7, 11) is 1.37. The molecule has 4 heteroatoms. The molecule has 0 saturated carbocycles. The maximum atomic E-state index is 11.3. The summed E-state index contributed by atoms with van der Waals surface area (Å²) in [6.45, 7) is 1.98. The van der Waals surface area contributed by atoms with E-state index in [0.29, 0.717) is 5.56 Å². The van der Waals surface area contributed by atoms with Crippen molar-refractivity contribution in [3.8, 4) is 6.07 Å². The van der Waals surface area contributed by atoms with Gasteiger partial charge in [0, 0.05) is 3.57 Å². The number of nitrogens with zero attached hydrogens (tertiary/aromatic N) is 1. The minimum absolute atomic E-state index is 0.230. The van der Waals surface area contributed by atoms with Gasteiger partial charge in [-0.2, -0.15) is 5.26 Å². The predicted molar refractivity (Wildman–Crippen MR) is 69.0 cm³/mol. The van der Waals surface area contributed by atoms with Crippen molar-refractivity contribution in [1.82, 2.24) is 0 Å². The third-order valence-corrected chi connectivity index (χ3v) is 3.41. The zero-order valence-corrected chi connectivity index (χ0v) is 11.4. The Hall–Kier alpha value is -1.09. The zero-order valence-electron chi connectivity index (χ0n) is 9.21. The molecule has 0 atom stereocenters. The van der Waals surface area contributed by atoms with Gasteiger partial charge in [-0.15, -0.1) is 0 Å². The third-order valence-electron chi connectivity index (χ3n) is 2.40. The Bertz CT molecular complexity index is 449. The first-order valence-electron chi connectivity index (χ1n) is 4.91. The molecular formula is C12H12INO2. The van der Waals surface area contributed by atoms with Gasteiger partial charge in [0.1, 0.15) is 0 Å². The van der Waals surface area contributed by atoms with E-state index in [1.807, 2.05) is 13.0 Å². The van der Waals surface area contributed by atoms with Gasteiger partial charge in [-0.1, -0.05) is 6.92 Å². The van der Waals surface area contributed by atoms with Crippen molar-refractivity contribution in [3.63, 3.8) is 0 Å². The molecule has 0 N–H and O–H groups in total. The molecular weight excluding hydrogens is 317 g/mol. The number of benzene rings is 1. The normalized spacial score (nSPS) is 9.62. The Morgan fingerprint density at radius 3 is 2.69 bits per heavy atom. The maximum absolute atomic E-state index is 11.3. The van der Waals surface area contributed by atoms with Crippen LogP contribution >= 0.6 is 22.6 Å². The topological polar surface area (TPSA) is 50.1 Å². The highest BCUT2D eigenvalue weighted by atomic mass is 127. The summed E-state index contributed by atoms with van der Waals surface area (Å²) in [5, 5.41) is 8.99. The minimum Gasteiger partial charge on any atom is -0.469 e. The largest absolute Gasteiger partial charge is 0.469 e. The molecule has 0 aliphatic heterocycles. The van der Waals surface area contributed by atoms with E-state index in [1.165, 1.54) is 7.11 Å². The highest BCUT2D eigenvalue weighted by Gasteiger charge is 2.14. The average Bonchev–Trinajstić information content (AvgIpc) is 2.31. The van der Waals surface area contributed by atoms with Crippen LogP contribution in [0.15, 0.2) is 12.1 Å². The molecule has 0 bridgehead atoms. The fourth-order valence-corrected chi connectivity index (χ4v) is 2.28. The molecule has 1 aromatic carbocycles. The lowest BCUT2D eigenvalue weighted by molar-refractivity contribution is -0.139. The molecule has 3 nitrogen and oxygen atoms in total. The second kappa shape index (κ2) is 5.85. The molecule has 1 aromatic rings. The van der Waals surface area contributed by atoms with Crippen LogP contribution in [0.5, 0.6) is 0 Å². The number of halogens is 1. The van der Waals surface area contributed by atoms with Crippen LogP contribution in [0.2, 0.25) is 0 Å². The Morgan fingerprint density at radius 1 is 1.50 bits per heavy atom. The Kier molecular flexibility index (Phi) is 4.74. The molecule has 0 amide bonds. The van der Waals surface area contributed by atoms with Crippen molar-refractivity contribution >= 4 is 28.6 Å². The first-order chi connectivity index (χ1) is 7.63. The molecule has 0 heterocycles. The van der Waals surface area contributed by atoms with Gasteiger partial charge in [-0.05, 0) is 52.3 Å². The van der Waals surface area contributed by atoms with Gasteiger partial charge in [0.2, 0.25) is 0 Å². The van der Waals surface area contributed by atoms with Crippen molar-refractivity contribution in [2.45, 2.75) is 19.8 Å². The fraction of sp³-hybridized carbons (Fsp3) is 0.333. The van der Waals surface area contributed by atoms with Gasteiger partial charge in [0.05, 0.1) is 25.2 Å². The molecule has 0 spiro atoms. The van der Waals surface area contributed by atoms with Gasteiger partial charge >= 0.3 is 5.97 Å². The van der Waals surface area contributed by atoms with Crippen molar-refractivity contribution in [1.29, 1.82) is 5.26 Å². The highest BCUT2D eigenvalue weighted by Crippen LogP contribution is 2.22. The quantitative estimate of drug-likeness (QED) is 0.632. The summed E-state index contributed by atoms with van der Waals surface area (Å²) in [4.78, 5) is 11.3. The minimum atomic E-state index is -0.275. The van der Waals surface area contributed by atoms with Crippen LogP contribution in [0.3, 0.4) is 0 Å². The Morgan fingerprint density at radius 2 is 2.19 bits per heavy atom. The van der Waals surface area contributed by atoms with Crippen molar-refractivity contribution in [3.05, 3.63) is 32.4 Å².